The molecule has 0 saturated carbocycles. The Labute approximate surface area is 165 Å². The first kappa shape index (κ1) is 19.3. The minimum absolute atomic E-state index is 0.0863. The molecule has 2 aromatic heterocycles. The van der Waals surface area contributed by atoms with Crippen molar-refractivity contribution >= 4 is 51.2 Å². The number of rotatable bonds is 6. The zero-order valence-electron chi connectivity index (χ0n) is 15.1. The quantitative estimate of drug-likeness (QED) is 0.278. The third kappa shape index (κ3) is 4.28. The number of thiophene rings is 1. The number of hydrogen-bond acceptors (Lipinski definition) is 7. The lowest BCUT2D eigenvalue weighted by Crippen LogP contribution is -2.22. The van der Waals surface area contributed by atoms with Gasteiger partial charge in [-0.2, -0.15) is 0 Å². The maximum atomic E-state index is 12.6. The van der Waals surface area contributed by atoms with Gasteiger partial charge < -0.3 is 10.4 Å². The van der Waals surface area contributed by atoms with Crippen molar-refractivity contribution < 1.29 is 14.7 Å². The molecule has 0 bridgehead atoms. The van der Waals surface area contributed by atoms with Crippen LogP contribution in [0, 0.1) is 6.92 Å². The standard InChI is InChI=1S/C19H19N3O3S2/c1-4-13-8-14-18(20-11(3)21-19(14)27-13)26-10(2)17(25)22-15-7-12(9-23)5-6-16(15)24/h5-10,24H,4H2,1-3H3,(H,22,25). The van der Waals surface area contributed by atoms with Crippen molar-refractivity contribution in [3.8, 4) is 5.75 Å². The second-order valence-electron chi connectivity index (χ2n) is 6.00. The summed E-state index contributed by atoms with van der Waals surface area (Å²) in [4.78, 5) is 34.6. The van der Waals surface area contributed by atoms with Crippen LogP contribution < -0.4 is 5.32 Å². The molecule has 27 heavy (non-hydrogen) atoms. The highest BCUT2D eigenvalue weighted by Gasteiger charge is 2.20. The number of aryl methyl sites for hydroxylation is 2. The van der Waals surface area contributed by atoms with Crippen molar-refractivity contribution in [1.29, 1.82) is 0 Å². The number of carbonyl (C=O) groups excluding carboxylic acids is 2. The molecule has 0 fully saturated rings. The maximum absolute atomic E-state index is 12.6. The van der Waals surface area contributed by atoms with Crippen molar-refractivity contribution in [2.24, 2.45) is 0 Å². The molecule has 3 rings (SSSR count). The fourth-order valence-corrected chi connectivity index (χ4v) is 4.54. The van der Waals surface area contributed by atoms with Crippen LogP contribution in [-0.2, 0) is 11.2 Å². The van der Waals surface area contributed by atoms with E-state index >= 15 is 0 Å². The largest absolute Gasteiger partial charge is 0.506 e. The number of hydrogen-bond donors (Lipinski definition) is 2. The van der Waals surface area contributed by atoms with Crippen molar-refractivity contribution in [1.82, 2.24) is 9.97 Å². The van der Waals surface area contributed by atoms with Gasteiger partial charge in [-0.25, -0.2) is 9.97 Å². The molecule has 140 valence electrons. The number of fused-ring (bicyclic) bond motifs is 1. The number of benzene rings is 1. The van der Waals surface area contributed by atoms with Crippen LogP contribution in [0.4, 0.5) is 5.69 Å². The molecule has 1 aromatic carbocycles. The summed E-state index contributed by atoms with van der Waals surface area (Å²) in [5.41, 5.74) is 0.590. The van der Waals surface area contributed by atoms with Crippen molar-refractivity contribution in [3.05, 3.63) is 40.5 Å². The first-order chi connectivity index (χ1) is 12.9. The van der Waals surface area contributed by atoms with Gasteiger partial charge in [0.25, 0.3) is 0 Å². The Kier molecular flexibility index (Phi) is 5.76. The van der Waals surface area contributed by atoms with Gasteiger partial charge in [0.15, 0.2) is 0 Å². The Hall–Kier alpha value is -2.45. The first-order valence-corrected chi connectivity index (χ1v) is 10.1. The van der Waals surface area contributed by atoms with E-state index in [2.05, 4.69) is 28.3 Å². The molecule has 0 aliphatic heterocycles. The lowest BCUT2D eigenvalue weighted by atomic mass is 10.2. The van der Waals surface area contributed by atoms with Gasteiger partial charge >= 0.3 is 0 Å². The minimum Gasteiger partial charge on any atom is -0.506 e. The van der Waals surface area contributed by atoms with Crippen LogP contribution in [0.1, 0.15) is 34.9 Å². The third-order valence-corrected chi connectivity index (χ3v) is 6.22. The van der Waals surface area contributed by atoms with Gasteiger partial charge in [0.05, 0.1) is 10.9 Å². The van der Waals surface area contributed by atoms with Gasteiger partial charge in [-0.3, -0.25) is 9.59 Å². The fourth-order valence-electron chi connectivity index (χ4n) is 2.49. The number of aromatic nitrogens is 2. The van der Waals surface area contributed by atoms with Crippen molar-refractivity contribution in [2.45, 2.75) is 37.5 Å². The molecule has 8 heteroatoms. The number of aromatic hydroxyl groups is 1. The highest BCUT2D eigenvalue weighted by Crippen LogP contribution is 2.34. The molecule has 3 aromatic rings. The smallest absolute Gasteiger partial charge is 0.237 e. The van der Waals surface area contributed by atoms with Crippen LogP contribution in [0.5, 0.6) is 5.75 Å². The van der Waals surface area contributed by atoms with Crippen LogP contribution in [0.15, 0.2) is 29.3 Å². The third-order valence-electron chi connectivity index (χ3n) is 3.94. The van der Waals surface area contributed by atoms with E-state index in [4.69, 9.17) is 0 Å². The molecule has 1 amide bonds. The second-order valence-corrected chi connectivity index (χ2v) is 8.45. The fraction of sp³-hybridized carbons (Fsp3) is 0.263. The Bertz CT molecular complexity index is 1020. The SMILES string of the molecule is CCc1cc2c(SC(C)C(=O)Nc3cc(C=O)ccc3O)nc(C)nc2s1. The topological polar surface area (TPSA) is 92.2 Å². The monoisotopic (exact) mass is 401 g/mol. The van der Waals surface area contributed by atoms with Crippen molar-refractivity contribution in [2.75, 3.05) is 5.32 Å². The number of phenolic OH excluding ortho intramolecular Hbond substituents is 1. The Balaban J connectivity index is 1.82. The van der Waals surface area contributed by atoms with Gasteiger partial charge in [-0.05, 0) is 44.5 Å². The number of anilines is 1. The number of nitrogens with zero attached hydrogens (tertiary/aromatic N) is 2. The minimum atomic E-state index is -0.452. The Morgan fingerprint density at radius 3 is 2.85 bits per heavy atom. The lowest BCUT2D eigenvalue weighted by Gasteiger charge is -2.13. The summed E-state index contributed by atoms with van der Waals surface area (Å²) in [6.07, 6.45) is 1.59. The summed E-state index contributed by atoms with van der Waals surface area (Å²) in [5, 5.41) is 13.8. The molecule has 1 atom stereocenters. The lowest BCUT2D eigenvalue weighted by molar-refractivity contribution is -0.115. The predicted molar refractivity (Wildman–Crippen MR) is 109 cm³/mol. The summed E-state index contributed by atoms with van der Waals surface area (Å²) in [6, 6.07) is 6.38. The molecule has 2 heterocycles. The van der Waals surface area contributed by atoms with Crippen LogP contribution in [0.2, 0.25) is 0 Å². The highest BCUT2D eigenvalue weighted by molar-refractivity contribution is 8.00. The molecule has 0 spiro atoms. The molecule has 0 saturated heterocycles. The number of thioether (sulfide) groups is 1. The summed E-state index contributed by atoms with van der Waals surface area (Å²) >= 11 is 2.99. The maximum Gasteiger partial charge on any atom is 0.237 e. The van der Waals surface area contributed by atoms with Gasteiger partial charge in [-0.15, -0.1) is 11.3 Å². The summed E-state index contributed by atoms with van der Waals surface area (Å²) < 4.78 is 0. The molecule has 0 aliphatic carbocycles. The van der Waals surface area contributed by atoms with Gasteiger partial charge in [0.1, 0.15) is 27.7 Å². The summed E-state index contributed by atoms with van der Waals surface area (Å²) in [6.45, 7) is 5.70. The zero-order valence-corrected chi connectivity index (χ0v) is 16.8. The molecular weight excluding hydrogens is 382 g/mol. The van der Waals surface area contributed by atoms with E-state index in [1.807, 2.05) is 6.92 Å². The Morgan fingerprint density at radius 1 is 1.37 bits per heavy atom. The summed E-state index contributed by atoms with van der Waals surface area (Å²) in [5.74, 6) is 0.295. The van der Waals surface area contributed by atoms with Gasteiger partial charge in [0.2, 0.25) is 5.91 Å². The van der Waals surface area contributed by atoms with Crippen LogP contribution in [0.25, 0.3) is 10.2 Å². The van der Waals surface area contributed by atoms with E-state index in [1.165, 1.54) is 34.8 Å². The average molecular weight is 402 g/mol. The number of nitrogens with one attached hydrogen (secondary N) is 1. The molecule has 6 nitrogen and oxygen atoms in total. The van der Waals surface area contributed by atoms with Crippen molar-refractivity contribution in [3.63, 3.8) is 0 Å². The highest BCUT2D eigenvalue weighted by atomic mass is 32.2. The van der Waals surface area contributed by atoms with Crippen LogP contribution >= 0.6 is 23.1 Å². The number of phenols is 1. The second kappa shape index (κ2) is 8.06. The van der Waals surface area contributed by atoms with E-state index in [0.717, 1.165) is 21.7 Å². The number of aldehydes is 1. The van der Waals surface area contributed by atoms with E-state index < -0.39 is 5.25 Å². The summed E-state index contributed by atoms with van der Waals surface area (Å²) in [7, 11) is 0. The van der Waals surface area contributed by atoms with Crippen LogP contribution in [0.3, 0.4) is 0 Å². The van der Waals surface area contributed by atoms with E-state index in [9.17, 15) is 14.7 Å². The molecule has 0 aliphatic rings. The van der Waals surface area contributed by atoms with Gasteiger partial charge in [0, 0.05) is 15.8 Å². The molecular formula is C19H19N3O3S2. The van der Waals surface area contributed by atoms with E-state index in [1.54, 1.807) is 18.3 Å². The normalized spacial score (nSPS) is 12.1. The zero-order chi connectivity index (χ0) is 19.6. The molecule has 2 N–H and O–H groups in total. The predicted octanol–water partition coefficient (Wildman–Crippen LogP) is 4.20. The number of amides is 1. The van der Waals surface area contributed by atoms with Gasteiger partial charge in [-0.1, -0.05) is 18.7 Å². The van der Waals surface area contributed by atoms with Crippen LogP contribution in [-0.4, -0.2) is 32.5 Å². The average Bonchev–Trinajstić information content (AvgIpc) is 3.06. The molecule has 0 radical (unpaired) electrons. The number of carbonyl (C=O) groups is 2. The van der Waals surface area contributed by atoms with E-state index in [-0.39, 0.29) is 17.3 Å². The first-order valence-electron chi connectivity index (χ1n) is 8.44. The van der Waals surface area contributed by atoms with E-state index in [0.29, 0.717) is 17.7 Å². The Morgan fingerprint density at radius 2 is 2.15 bits per heavy atom. The molecule has 1 unspecified atom stereocenters.